The lowest BCUT2D eigenvalue weighted by molar-refractivity contribution is -0.182. The van der Waals surface area contributed by atoms with Gasteiger partial charge in [0.25, 0.3) is 0 Å². The van der Waals surface area contributed by atoms with E-state index in [2.05, 4.69) is 41.8 Å². The number of rotatable bonds is 12. The predicted octanol–water partition coefficient (Wildman–Crippen LogP) is 4.87. The average Bonchev–Trinajstić information content (AvgIpc) is 3.88. The van der Waals surface area contributed by atoms with Crippen molar-refractivity contribution >= 4 is 34.5 Å². The Balaban J connectivity index is 0.000000222. The maximum atomic E-state index is 11.3. The van der Waals surface area contributed by atoms with Gasteiger partial charge in [0.1, 0.15) is 11.2 Å². The van der Waals surface area contributed by atoms with Crippen LogP contribution in [-0.2, 0) is 42.7 Å². The van der Waals surface area contributed by atoms with E-state index in [-0.39, 0.29) is 60.8 Å². The molecule has 0 saturated carbocycles. The quantitative estimate of drug-likeness (QED) is 0.127. The Morgan fingerprint density at radius 3 is 1.64 bits per heavy atom. The molecule has 0 aromatic carbocycles. The maximum Gasteiger partial charge on any atom is 0.305 e. The van der Waals surface area contributed by atoms with Crippen molar-refractivity contribution in [3.63, 3.8) is 0 Å². The summed E-state index contributed by atoms with van der Waals surface area (Å²) in [6, 6.07) is 0. The molecule has 0 aliphatic carbocycles. The summed E-state index contributed by atoms with van der Waals surface area (Å²) in [5, 5.41) is 9.78. The zero-order chi connectivity index (χ0) is 34.1. The van der Waals surface area contributed by atoms with Gasteiger partial charge >= 0.3 is 11.9 Å². The fourth-order valence-corrected chi connectivity index (χ4v) is 8.00. The number of ether oxygens (including phenoxy) is 7. The van der Waals surface area contributed by atoms with Crippen molar-refractivity contribution < 1.29 is 47.9 Å². The van der Waals surface area contributed by atoms with E-state index in [0.717, 1.165) is 56.2 Å². The molecule has 266 valence electrons. The molecule has 8 atom stereocenters. The summed E-state index contributed by atoms with van der Waals surface area (Å²) in [6.45, 7) is 16.7. The highest BCUT2D eigenvalue weighted by molar-refractivity contribution is 14.1. The summed E-state index contributed by atoms with van der Waals surface area (Å²) in [6.07, 6.45) is 11.3. The lowest BCUT2D eigenvalue weighted by atomic mass is 9.86. The fraction of sp³-hybridized carbons (Fsp3) is 0.882. The van der Waals surface area contributed by atoms with E-state index in [0.29, 0.717) is 51.6 Å². The summed E-state index contributed by atoms with van der Waals surface area (Å²) in [5.74, 6) is -0.435. The molecule has 0 aromatic heterocycles. The molecule has 5 heterocycles. The van der Waals surface area contributed by atoms with Gasteiger partial charge in [0, 0.05) is 56.2 Å². The number of carbonyl (C=O) groups is 2. The molecule has 0 spiro atoms. The van der Waals surface area contributed by atoms with E-state index in [4.69, 9.17) is 36.8 Å². The lowest BCUT2D eigenvalue weighted by Gasteiger charge is -2.40. The van der Waals surface area contributed by atoms with E-state index in [1.807, 2.05) is 0 Å². The van der Waals surface area contributed by atoms with Crippen molar-refractivity contribution in [2.45, 2.75) is 138 Å². The molecule has 0 amide bonds. The van der Waals surface area contributed by atoms with Crippen LogP contribution in [0.25, 0.3) is 9.69 Å². The first-order valence-electron chi connectivity index (χ1n) is 17.0. The second-order valence-electron chi connectivity index (χ2n) is 12.8. The van der Waals surface area contributed by atoms with Crippen LogP contribution in [0.15, 0.2) is 0 Å². The van der Waals surface area contributed by atoms with Gasteiger partial charge < -0.3 is 48.0 Å². The van der Waals surface area contributed by atoms with Gasteiger partial charge in [0.05, 0.1) is 57.5 Å². The Hall–Kier alpha value is -1.59. The Morgan fingerprint density at radius 2 is 1.23 bits per heavy atom. The van der Waals surface area contributed by atoms with Crippen LogP contribution in [0.2, 0.25) is 0 Å². The first-order valence-corrected chi connectivity index (χ1v) is 18.5. The Labute approximate surface area is 293 Å². The van der Waals surface area contributed by atoms with Crippen LogP contribution < -0.4 is 0 Å². The van der Waals surface area contributed by atoms with Gasteiger partial charge in [-0.2, -0.15) is 0 Å². The molecule has 47 heavy (non-hydrogen) atoms. The molecular weight excluding hydrogens is 723 g/mol. The summed E-state index contributed by atoms with van der Waals surface area (Å²) in [7, 11) is 2.78. The van der Waals surface area contributed by atoms with Crippen LogP contribution in [0.3, 0.4) is 0 Å². The van der Waals surface area contributed by atoms with Gasteiger partial charge in [-0.15, -0.1) is 0 Å². The van der Waals surface area contributed by atoms with E-state index in [9.17, 15) is 14.7 Å². The number of alkyl halides is 1. The van der Waals surface area contributed by atoms with Crippen LogP contribution in [-0.4, -0.2) is 116 Å². The molecule has 5 saturated heterocycles. The molecule has 1 N–H and O–H groups in total. The molecular formula is C34H53IN2O10. The highest BCUT2D eigenvalue weighted by Crippen LogP contribution is 2.45. The number of hydrogen-bond acceptors (Lipinski definition) is 10. The highest BCUT2D eigenvalue weighted by atomic mass is 127. The molecule has 0 radical (unpaired) electrons. The Morgan fingerprint density at radius 1 is 0.766 bits per heavy atom. The molecule has 5 aliphatic heterocycles. The molecule has 13 heteroatoms. The van der Waals surface area contributed by atoms with Crippen molar-refractivity contribution in [3.8, 4) is 0 Å². The maximum absolute atomic E-state index is 11.3. The van der Waals surface area contributed by atoms with Gasteiger partial charge in [-0.25, -0.2) is 13.1 Å². The number of hydrogen-bond donors (Lipinski definition) is 1. The third kappa shape index (κ3) is 12.1. The molecule has 0 aromatic rings. The number of aliphatic hydroxyl groups excluding tert-OH is 1. The highest BCUT2D eigenvalue weighted by Gasteiger charge is 2.53. The summed E-state index contributed by atoms with van der Waals surface area (Å²) in [5.41, 5.74) is -0.891. The van der Waals surface area contributed by atoms with Crippen molar-refractivity contribution in [2.24, 2.45) is 0 Å². The monoisotopic (exact) mass is 776 g/mol. The Kier molecular flexibility index (Phi) is 17.6. The summed E-state index contributed by atoms with van der Waals surface area (Å²) >= 11 is 2.36. The standard InChI is InChI=1S/C15H22INO4.C15H23NO5.C4H8O/c1-17-8-7-11-3-5-13-15(10-16,21-11)9-12(20-13)4-6-14(18)19-2;1-16-8-7-11-3-5-13-15(10-17,21-11)9-12(20-13)4-6-14(18)19-2;1-2-4-5-3-1/h11-13H,3-10H2,2H3;11-13,17H,3-10H2,2H3;1-4H2/t2*11-,12+,13+,15-;/m11./s1. The van der Waals surface area contributed by atoms with Gasteiger partial charge in [-0.05, 0) is 51.4 Å². The molecule has 5 fully saturated rings. The van der Waals surface area contributed by atoms with Crippen molar-refractivity contribution in [1.82, 2.24) is 0 Å². The van der Waals surface area contributed by atoms with Crippen molar-refractivity contribution in [2.75, 3.05) is 51.6 Å². The topological polar surface area (TPSA) is 128 Å². The smallest absolute Gasteiger partial charge is 0.305 e. The zero-order valence-corrected chi connectivity index (χ0v) is 30.2. The number of methoxy groups -OCH3 is 2. The molecule has 5 aliphatic rings. The number of nitrogens with zero attached hydrogens (tertiary/aromatic N) is 2. The summed E-state index contributed by atoms with van der Waals surface area (Å²) < 4.78 is 39.6. The van der Waals surface area contributed by atoms with Crippen LogP contribution in [0.1, 0.15) is 89.9 Å². The largest absolute Gasteiger partial charge is 0.469 e. The van der Waals surface area contributed by atoms with E-state index >= 15 is 0 Å². The summed E-state index contributed by atoms with van der Waals surface area (Å²) in [4.78, 5) is 29.3. The van der Waals surface area contributed by atoms with Gasteiger partial charge in [-0.3, -0.25) is 9.59 Å². The normalized spacial score (nSPS) is 33.8. The van der Waals surface area contributed by atoms with Crippen LogP contribution >= 0.6 is 22.6 Å². The van der Waals surface area contributed by atoms with E-state index in [1.54, 1.807) is 0 Å². The van der Waals surface area contributed by atoms with Crippen LogP contribution in [0.4, 0.5) is 0 Å². The first kappa shape index (κ1) is 39.8. The molecule has 0 bridgehead atoms. The first-order chi connectivity index (χ1) is 22.8. The number of carbonyl (C=O) groups excluding carboxylic acids is 2. The predicted molar refractivity (Wildman–Crippen MR) is 181 cm³/mol. The van der Waals surface area contributed by atoms with Gasteiger partial charge in [0.15, 0.2) is 0 Å². The van der Waals surface area contributed by atoms with Gasteiger partial charge in [-0.1, -0.05) is 22.6 Å². The number of fused-ring (bicyclic) bond motifs is 2. The van der Waals surface area contributed by atoms with Gasteiger partial charge in [0.2, 0.25) is 13.1 Å². The third-order valence-corrected chi connectivity index (χ3v) is 10.9. The number of esters is 2. The Bertz CT molecular complexity index is 965. The minimum atomic E-state index is -0.661. The van der Waals surface area contributed by atoms with Crippen molar-refractivity contribution in [1.29, 1.82) is 0 Å². The molecule has 5 rings (SSSR count). The van der Waals surface area contributed by atoms with E-state index < -0.39 is 5.60 Å². The molecule has 0 unspecified atom stereocenters. The lowest BCUT2D eigenvalue weighted by Crippen LogP contribution is -2.51. The third-order valence-electron chi connectivity index (χ3n) is 9.58. The SMILES string of the molecule is C1CCOC1.[C-]#[N+]CC[C@H]1CC[C@@H]2O[C@@H](CCC(=O)OC)C[C@]2(CI)O1.[C-]#[N+]CC[C@H]1CC[C@@H]2O[C@@H](CCC(=O)OC)C[C@]2(CO)O1. The van der Waals surface area contributed by atoms with E-state index in [1.165, 1.54) is 27.1 Å². The number of aliphatic hydroxyl groups is 1. The number of halogens is 1. The fourth-order valence-electron chi connectivity index (χ4n) is 7.02. The van der Waals surface area contributed by atoms with Crippen molar-refractivity contribution in [3.05, 3.63) is 22.8 Å². The average molecular weight is 777 g/mol. The minimum Gasteiger partial charge on any atom is -0.469 e. The zero-order valence-electron chi connectivity index (χ0n) is 28.0. The second-order valence-corrected chi connectivity index (χ2v) is 13.6. The van der Waals surface area contributed by atoms with Crippen LogP contribution in [0.5, 0.6) is 0 Å². The minimum absolute atomic E-state index is 0.0189. The second kappa shape index (κ2) is 20.8. The van der Waals surface area contributed by atoms with Crippen LogP contribution in [0, 0.1) is 13.1 Å². The molecule has 12 nitrogen and oxygen atoms in total.